The first kappa shape index (κ1) is 15.2. The van der Waals surface area contributed by atoms with Crippen molar-refractivity contribution in [3.05, 3.63) is 33.8 Å². The van der Waals surface area contributed by atoms with Gasteiger partial charge in [0.2, 0.25) is 5.91 Å². The molecule has 1 aromatic carbocycles. The first-order valence-corrected chi connectivity index (χ1v) is 6.13. The Balaban J connectivity index is 2.77. The van der Waals surface area contributed by atoms with Crippen LogP contribution in [0.25, 0.3) is 0 Å². The molecule has 6 heteroatoms. The van der Waals surface area contributed by atoms with E-state index in [1.54, 1.807) is 25.1 Å². The van der Waals surface area contributed by atoms with Crippen molar-refractivity contribution < 1.29 is 15.0 Å². The van der Waals surface area contributed by atoms with Gasteiger partial charge in [0.25, 0.3) is 0 Å². The Morgan fingerprint density at radius 2 is 1.78 bits per heavy atom. The van der Waals surface area contributed by atoms with Crippen molar-refractivity contribution in [3.63, 3.8) is 0 Å². The molecule has 4 nitrogen and oxygen atoms in total. The van der Waals surface area contributed by atoms with E-state index in [9.17, 15) is 4.79 Å². The SMILES string of the molecule is CC(CO)(CO)NC(=O)Cc1c(Cl)cccc1Cl. The summed E-state index contributed by atoms with van der Waals surface area (Å²) >= 11 is 11.9. The maximum Gasteiger partial charge on any atom is 0.225 e. The van der Waals surface area contributed by atoms with E-state index in [2.05, 4.69) is 5.32 Å². The van der Waals surface area contributed by atoms with E-state index in [0.29, 0.717) is 15.6 Å². The molecular formula is C12H15Cl2NO3. The molecular weight excluding hydrogens is 277 g/mol. The number of hydrogen-bond acceptors (Lipinski definition) is 3. The van der Waals surface area contributed by atoms with Crippen LogP contribution in [-0.4, -0.2) is 34.9 Å². The fourth-order valence-corrected chi connectivity index (χ4v) is 1.90. The summed E-state index contributed by atoms with van der Waals surface area (Å²) in [6.07, 6.45) is -0.00586. The fourth-order valence-electron chi connectivity index (χ4n) is 1.37. The maximum atomic E-state index is 11.8. The van der Waals surface area contributed by atoms with E-state index in [4.69, 9.17) is 33.4 Å². The highest BCUT2D eigenvalue weighted by atomic mass is 35.5. The van der Waals surface area contributed by atoms with Crippen LogP contribution in [0.1, 0.15) is 12.5 Å². The molecule has 100 valence electrons. The lowest BCUT2D eigenvalue weighted by Crippen LogP contribution is -2.52. The Morgan fingerprint density at radius 1 is 1.28 bits per heavy atom. The molecule has 0 bridgehead atoms. The number of amides is 1. The van der Waals surface area contributed by atoms with Gasteiger partial charge in [0.05, 0.1) is 25.2 Å². The minimum atomic E-state index is -1.05. The zero-order chi connectivity index (χ0) is 13.8. The molecule has 0 heterocycles. The molecule has 3 N–H and O–H groups in total. The normalized spacial score (nSPS) is 11.4. The van der Waals surface area contributed by atoms with Crippen molar-refractivity contribution in [3.8, 4) is 0 Å². The molecule has 0 aromatic heterocycles. The number of nitrogens with one attached hydrogen (secondary N) is 1. The highest BCUT2D eigenvalue weighted by molar-refractivity contribution is 6.36. The first-order valence-electron chi connectivity index (χ1n) is 5.37. The van der Waals surface area contributed by atoms with Crippen molar-refractivity contribution in [1.29, 1.82) is 0 Å². The molecule has 18 heavy (non-hydrogen) atoms. The summed E-state index contributed by atoms with van der Waals surface area (Å²) in [6.45, 7) is 0.829. The van der Waals surface area contributed by atoms with Crippen molar-refractivity contribution in [1.82, 2.24) is 5.32 Å². The van der Waals surface area contributed by atoms with Crippen molar-refractivity contribution in [2.75, 3.05) is 13.2 Å². The van der Waals surface area contributed by atoms with E-state index in [-0.39, 0.29) is 25.5 Å². The van der Waals surface area contributed by atoms with Gasteiger partial charge in [-0.15, -0.1) is 0 Å². The number of halogens is 2. The monoisotopic (exact) mass is 291 g/mol. The van der Waals surface area contributed by atoms with E-state index >= 15 is 0 Å². The number of aliphatic hydroxyl groups is 2. The molecule has 1 aromatic rings. The molecule has 0 radical (unpaired) electrons. The largest absolute Gasteiger partial charge is 0.394 e. The Kier molecular flexibility index (Phi) is 5.41. The number of carbonyl (C=O) groups is 1. The third-order valence-corrected chi connectivity index (χ3v) is 3.25. The average molecular weight is 292 g/mol. The van der Waals surface area contributed by atoms with Gasteiger partial charge in [0, 0.05) is 10.0 Å². The standard InChI is InChI=1S/C12H15Cl2NO3/c1-12(6-16,7-17)15-11(18)5-8-9(13)3-2-4-10(8)14/h2-4,16-17H,5-7H2,1H3,(H,15,18). The van der Waals surface area contributed by atoms with Crippen LogP contribution >= 0.6 is 23.2 Å². The summed E-state index contributed by atoms with van der Waals surface area (Å²) in [5.74, 6) is -0.365. The summed E-state index contributed by atoms with van der Waals surface area (Å²) in [5, 5.41) is 21.5. The highest BCUT2D eigenvalue weighted by Crippen LogP contribution is 2.24. The Morgan fingerprint density at radius 3 is 2.22 bits per heavy atom. The second kappa shape index (κ2) is 6.38. The third-order valence-electron chi connectivity index (χ3n) is 2.54. The van der Waals surface area contributed by atoms with Crippen molar-refractivity contribution in [2.24, 2.45) is 0 Å². The number of hydrogen-bond donors (Lipinski definition) is 3. The molecule has 0 saturated carbocycles. The number of rotatable bonds is 5. The number of carbonyl (C=O) groups excluding carboxylic acids is 1. The summed E-state index contributed by atoms with van der Waals surface area (Å²) in [4.78, 5) is 11.8. The van der Waals surface area contributed by atoms with Crippen LogP contribution in [0.5, 0.6) is 0 Å². The van der Waals surface area contributed by atoms with Crippen LogP contribution < -0.4 is 5.32 Å². The number of benzene rings is 1. The first-order chi connectivity index (χ1) is 8.41. The zero-order valence-electron chi connectivity index (χ0n) is 9.91. The van der Waals surface area contributed by atoms with Gasteiger partial charge >= 0.3 is 0 Å². The minimum absolute atomic E-state index is 0.00586. The second-order valence-electron chi connectivity index (χ2n) is 4.30. The van der Waals surface area contributed by atoms with E-state index < -0.39 is 5.54 Å². The van der Waals surface area contributed by atoms with Gasteiger partial charge in [-0.05, 0) is 24.6 Å². The Bertz CT molecular complexity index is 413. The summed E-state index contributed by atoms with van der Waals surface area (Å²) in [5.41, 5.74) is -0.526. The molecule has 0 spiro atoms. The number of aliphatic hydroxyl groups excluding tert-OH is 2. The van der Waals surface area contributed by atoms with Crippen LogP contribution in [0, 0.1) is 0 Å². The predicted molar refractivity (Wildman–Crippen MR) is 70.9 cm³/mol. The van der Waals surface area contributed by atoms with Gasteiger partial charge in [-0.1, -0.05) is 29.3 Å². The van der Waals surface area contributed by atoms with Gasteiger partial charge in [-0.2, -0.15) is 0 Å². The van der Waals surface area contributed by atoms with Crippen LogP contribution in [0.2, 0.25) is 10.0 Å². The van der Waals surface area contributed by atoms with Crippen LogP contribution in [-0.2, 0) is 11.2 Å². The van der Waals surface area contributed by atoms with Gasteiger partial charge in [-0.25, -0.2) is 0 Å². The van der Waals surface area contributed by atoms with Gasteiger partial charge in [-0.3, -0.25) is 4.79 Å². The lowest BCUT2D eigenvalue weighted by molar-refractivity contribution is -0.123. The highest BCUT2D eigenvalue weighted by Gasteiger charge is 2.25. The Labute approximate surface area is 116 Å². The van der Waals surface area contributed by atoms with Gasteiger partial charge in [0.15, 0.2) is 0 Å². The Hall–Kier alpha value is -0.810. The van der Waals surface area contributed by atoms with Gasteiger partial charge in [0.1, 0.15) is 0 Å². The quantitative estimate of drug-likeness (QED) is 0.768. The smallest absolute Gasteiger partial charge is 0.225 e. The molecule has 0 aliphatic carbocycles. The summed E-state index contributed by atoms with van der Waals surface area (Å²) in [6, 6.07) is 4.98. The van der Waals surface area contributed by atoms with Gasteiger partial charge < -0.3 is 15.5 Å². The summed E-state index contributed by atoms with van der Waals surface area (Å²) in [7, 11) is 0. The van der Waals surface area contributed by atoms with Crippen molar-refractivity contribution >= 4 is 29.1 Å². The minimum Gasteiger partial charge on any atom is -0.394 e. The molecule has 1 rings (SSSR count). The topological polar surface area (TPSA) is 69.6 Å². The second-order valence-corrected chi connectivity index (χ2v) is 5.12. The van der Waals surface area contributed by atoms with Crippen LogP contribution in [0.15, 0.2) is 18.2 Å². The zero-order valence-corrected chi connectivity index (χ0v) is 11.4. The molecule has 0 aliphatic heterocycles. The van der Waals surface area contributed by atoms with Crippen LogP contribution in [0.4, 0.5) is 0 Å². The van der Waals surface area contributed by atoms with E-state index in [1.807, 2.05) is 0 Å². The summed E-state index contributed by atoms with van der Waals surface area (Å²) < 4.78 is 0. The lowest BCUT2D eigenvalue weighted by atomic mass is 10.0. The van der Waals surface area contributed by atoms with Crippen LogP contribution in [0.3, 0.4) is 0 Å². The molecule has 1 amide bonds. The molecule has 0 aliphatic rings. The molecule has 0 unspecified atom stereocenters. The predicted octanol–water partition coefficient (Wildman–Crippen LogP) is 1.40. The molecule has 0 saturated heterocycles. The average Bonchev–Trinajstić information content (AvgIpc) is 2.34. The molecule has 0 fully saturated rings. The molecule has 0 atom stereocenters. The van der Waals surface area contributed by atoms with Crippen molar-refractivity contribution in [2.45, 2.75) is 18.9 Å². The van der Waals surface area contributed by atoms with E-state index in [0.717, 1.165) is 0 Å². The fraction of sp³-hybridized carbons (Fsp3) is 0.417. The van der Waals surface area contributed by atoms with E-state index in [1.165, 1.54) is 0 Å². The lowest BCUT2D eigenvalue weighted by Gasteiger charge is -2.26. The maximum absolute atomic E-state index is 11.8. The third kappa shape index (κ3) is 3.85.